The van der Waals surface area contributed by atoms with Crippen molar-refractivity contribution in [2.45, 2.75) is 90.4 Å². The Morgan fingerprint density at radius 3 is 2.24 bits per heavy atom. The summed E-state index contributed by atoms with van der Waals surface area (Å²) in [6.07, 6.45) is 17.3. The van der Waals surface area contributed by atoms with Crippen LogP contribution in [0.5, 0.6) is 0 Å². The lowest BCUT2D eigenvalue weighted by Crippen LogP contribution is -2.15. The summed E-state index contributed by atoms with van der Waals surface area (Å²) in [6, 6.07) is 4.36. The normalized spacial score (nSPS) is 20.2. The number of fused-ring (bicyclic) bond motifs is 1. The molecule has 0 amide bonds. The molecule has 2 aromatic rings. The summed E-state index contributed by atoms with van der Waals surface area (Å²) in [7, 11) is 0. The van der Waals surface area contributed by atoms with E-state index in [9.17, 15) is 13.2 Å². The van der Waals surface area contributed by atoms with Crippen LogP contribution in [0, 0.1) is 35.1 Å². The van der Waals surface area contributed by atoms with Crippen molar-refractivity contribution in [3.8, 4) is 11.1 Å². The summed E-state index contributed by atoms with van der Waals surface area (Å²) in [4.78, 5) is 0. The van der Waals surface area contributed by atoms with Crippen molar-refractivity contribution in [1.82, 2.24) is 0 Å². The maximum atomic E-state index is 15.2. The highest BCUT2D eigenvalue weighted by atomic mass is 19.2. The highest BCUT2D eigenvalue weighted by molar-refractivity contribution is 5.67. The summed E-state index contributed by atoms with van der Waals surface area (Å²) < 4.78 is 57.0. The van der Waals surface area contributed by atoms with Crippen LogP contribution in [0.4, 0.5) is 17.6 Å². The van der Waals surface area contributed by atoms with Crippen molar-refractivity contribution < 1.29 is 17.6 Å². The number of hydrogen-bond donors (Lipinski definition) is 0. The zero-order valence-corrected chi connectivity index (χ0v) is 20.2. The molecule has 0 N–H and O–H groups in total. The molecule has 0 spiro atoms. The summed E-state index contributed by atoms with van der Waals surface area (Å²) in [5, 5.41) is 0. The van der Waals surface area contributed by atoms with Gasteiger partial charge in [-0.15, -0.1) is 0 Å². The van der Waals surface area contributed by atoms with Gasteiger partial charge in [0, 0.05) is 0 Å². The maximum absolute atomic E-state index is 15.2. The van der Waals surface area contributed by atoms with Crippen LogP contribution in [0.3, 0.4) is 0 Å². The van der Waals surface area contributed by atoms with E-state index in [0.717, 1.165) is 36.8 Å². The zero-order chi connectivity index (χ0) is 24.1. The van der Waals surface area contributed by atoms with E-state index in [1.54, 1.807) is 0 Å². The molecular weight excluding hydrogens is 436 g/mol. The minimum absolute atomic E-state index is 0.0208. The van der Waals surface area contributed by atoms with Crippen molar-refractivity contribution in [2.75, 3.05) is 0 Å². The fraction of sp³-hybridized carbons (Fsp3) is 0.533. The first-order valence-corrected chi connectivity index (χ1v) is 13.1. The van der Waals surface area contributed by atoms with Crippen molar-refractivity contribution >= 4 is 0 Å². The van der Waals surface area contributed by atoms with Crippen molar-refractivity contribution in [1.29, 1.82) is 0 Å². The van der Waals surface area contributed by atoms with E-state index in [-0.39, 0.29) is 11.1 Å². The van der Waals surface area contributed by atoms with E-state index < -0.39 is 23.3 Å². The summed E-state index contributed by atoms with van der Waals surface area (Å²) in [5.41, 5.74) is 2.14. The van der Waals surface area contributed by atoms with Crippen LogP contribution in [-0.4, -0.2) is 0 Å². The standard InChI is InChI=1S/C30H36F4/c1-2-3-4-5-6-20-7-9-21(10-8-20)11-12-22-13-15-25-24(17-22)19-28(33)29(30(25)34)23-14-16-26(31)27(32)18-23/h13-14,16,18-21H,2-12,15,17H2,1H3. The second-order valence-corrected chi connectivity index (χ2v) is 10.3. The van der Waals surface area contributed by atoms with Crippen LogP contribution in [0.25, 0.3) is 11.1 Å². The second kappa shape index (κ2) is 11.6. The quantitative estimate of drug-likeness (QED) is 0.194. The van der Waals surface area contributed by atoms with Gasteiger partial charge in [0.25, 0.3) is 0 Å². The van der Waals surface area contributed by atoms with E-state index in [2.05, 4.69) is 13.0 Å². The summed E-state index contributed by atoms with van der Waals surface area (Å²) >= 11 is 0. The molecule has 34 heavy (non-hydrogen) atoms. The third-order valence-electron chi connectivity index (χ3n) is 7.94. The summed E-state index contributed by atoms with van der Waals surface area (Å²) in [6.45, 7) is 2.26. The molecule has 0 radical (unpaired) electrons. The van der Waals surface area contributed by atoms with Gasteiger partial charge in [-0.3, -0.25) is 0 Å². The fourth-order valence-corrected chi connectivity index (χ4v) is 5.82. The molecule has 4 rings (SSSR count). The third kappa shape index (κ3) is 5.93. The van der Waals surface area contributed by atoms with E-state index in [0.29, 0.717) is 24.0 Å². The lowest BCUT2D eigenvalue weighted by molar-refractivity contribution is 0.248. The first-order chi connectivity index (χ1) is 16.5. The Bertz CT molecular complexity index is 1010. The lowest BCUT2D eigenvalue weighted by Gasteiger charge is -2.29. The number of halogens is 4. The van der Waals surface area contributed by atoms with Gasteiger partial charge in [0.1, 0.15) is 11.6 Å². The minimum atomic E-state index is -1.11. The molecule has 0 bridgehead atoms. The molecule has 2 aliphatic rings. The molecule has 184 valence electrons. The largest absolute Gasteiger partial charge is 0.206 e. The van der Waals surface area contributed by atoms with Gasteiger partial charge in [0.05, 0.1) is 5.56 Å². The molecule has 0 atom stereocenters. The van der Waals surface area contributed by atoms with Gasteiger partial charge in [-0.1, -0.05) is 82.4 Å². The molecule has 2 aliphatic carbocycles. The number of allylic oxidation sites excluding steroid dienone is 2. The van der Waals surface area contributed by atoms with Crippen LogP contribution >= 0.6 is 0 Å². The van der Waals surface area contributed by atoms with Crippen LogP contribution in [0.1, 0.15) is 88.7 Å². The van der Waals surface area contributed by atoms with Gasteiger partial charge >= 0.3 is 0 Å². The third-order valence-corrected chi connectivity index (χ3v) is 7.94. The average molecular weight is 473 g/mol. The predicted molar refractivity (Wildman–Crippen MR) is 131 cm³/mol. The van der Waals surface area contributed by atoms with Gasteiger partial charge in [-0.25, -0.2) is 17.6 Å². The van der Waals surface area contributed by atoms with Crippen molar-refractivity contribution in [2.24, 2.45) is 11.8 Å². The highest BCUT2D eigenvalue weighted by Crippen LogP contribution is 2.38. The molecule has 0 saturated heterocycles. The van der Waals surface area contributed by atoms with Gasteiger partial charge < -0.3 is 0 Å². The van der Waals surface area contributed by atoms with E-state index in [1.165, 1.54) is 75.5 Å². The smallest absolute Gasteiger partial charge is 0.159 e. The molecule has 0 unspecified atom stereocenters. The monoisotopic (exact) mass is 472 g/mol. The molecule has 1 fully saturated rings. The second-order valence-electron chi connectivity index (χ2n) is 10.3. The van der Waals surface area contributed by atoms with Gasteiger partial charge in [-0.05, 0) is 72.4 Å². The van der Waals surface area contributed by atoms with Gasteiger partial charge in [0.2, 0.25) is 0 Å². The van der Waals surface area contributed by atoms with Crippen molar-refractivity contribution in [3.05, 3.63) is 70.3 Å². The first-order valence-electron chi connectivity index (χ1n) is 13.1. The Morgan fingerprint density at radius 1 is 0.794 bits per heavy atom. The zero-order valence-electron chi connectivity index (χ0n) is 20.2. The van der Waals surface area contributed by atoms with Crippen molar-refractivity contribution in [3.63, 3.8) is 0 Å². The molecular formula is C30H36F4. The Balaban J connectivity index is 1.33. The predicted octanol–water partition coefficient (Wildman–Crippen LogP) is 9.49. The Labute approximate surface area is 201 Å². The average Bonchev–Trinajstić information content (AvgIpc) is 2.83. The SMILES string of the molecule is CCCCCCC1CCC(CCC2=CCc3c(cc(F)c(-c4ccc(F)c(F)c4)c3F)C2)CC1. The number of unbranched alkanes of at least 4 members (excludes halogenated alkanes) is 3. The number of rotatable bonds is 9. The Morgan fingerprint density at radius 2 is 1.53 bits per heavy atom. The molecule has 4 heteroatoms. The minimum Gasteiger partial charge on any atom is -0.206 e. The van der Waals surface area contributed by atoms with E-state index in [4.69, 9.17) is 0 Å². The molecule has 0 nitrogen and oxygen atoms in total. The van der Waals surface area contributed by atoms with Gasteiger partial charge in [0.15, 0.2) is 11.6 Å². The fourth-order valence-electron chi connectivity index (χ4n) is 5.82. The molecule has 2 aromatic carbocycles. The Kier molecular flexibility index (Phi) is 8.50. The molecule has 1 saturated carbocycles. The van der Waals surface area contributed by atoms with E-state index >= 15 is 4.39 Å². The van der Waals surface area contributed by atoms with Crippen LogP contribution in [0.2, 0.25) is 0 Å². The molecule has 0 aromatic heterocycles. The van der Waals surface area contributed by atoms with Crippen LogP contribution < -0.4 is 0 Å². The van der Waals surface area contributed by atoms with E-state index in [1.807, 2.05) is 0 Å². The number of benzene rings is 2. The lowest BCUT2D eigenvalue weighted by atomic mass is 9.77. The number of hydrogen-bond acceptors (Lipinski definition) is 0. The Hall–Kier alpha value is -2.10. The molecule has 0 heterocycles. The first kappa shape index (κ1) is 25.0. The van der Waals surface area contributed by atoms with Gasteiger partial charge in [-0.2, -0.15) is 0 Å². The van der Waals surface area contributed by atoms with Crippen LogP contribution in [-0.2, 0) is 12.8 Å². The topological polar surface area (TPSA) is 0 Å². The summed E-state index contributed by atoms with van der Waals surface area (Å²) in [5.74, 6) is -1.85. The maximum Gasteiger partial charge on any atom is 0.159 e. The van der Waals surface area contributed by atoms with Crippen LogP contribution in [0.15, 0.2) is 35.9 Å². The molecule has 0 aliphatic heterocycles. The highest BCUT2D eigenvalue weighted by Gasteiger charge is 2.24.